The number of ether oxygens (including phenoxy) is 1. The van der Waals surface area contributed by atoms with E-state index in [2.05, 4.69) is 5.32 Å². The predicted octanol–water partition coefficient (Wildman–Crippen LogP) is 3.39. The Morgan fingerprint density at radius 1 is 1.13 bits per heavy atom. The number of carboxylic acids is 1. The molecule has 2 aromatic carbocycles. The highest BCUT2D eigenvalue weighted by molar-refractivity contribution is 6.05. The number of hydrogen-bond acceptors (Lipinski definition) is 4. The molecular formula is C17H13NO5. The van der Waals surface area contributed by atoms with Gasteiger partial charge in [-0.2, -0.15) is 0 Å². The normalized spacial score (nSPS) is 10.5. The molecule has 0 saturated heterocycles. The van der Waals surface area contributed by atoms with Crippen molar-refractivity contribution in [3.8, 4) is 5.75 Å². The fourth-order valence-corrected chi connectivity index (χ4v) is 2.21. The molecule has 0 unspecified atom stereocenters. The van der Waals surface area contributed by atoms with Crippen LogP contribution in [0.4, 0.5) is 5.69 Å². The van der Waals surface area contributed by atoms with Crippen molar-refractivity contribution in [3.05, 3.63) is 59.9 Å². The monoisotopic (exact) mass is 311 g/mol. The van der Waals surface area contributed by atoms with Crippen molar-refractivity contribution in [3.63, 3.8) is 0 Å². The molecule has 0 radical (unpaired) electrons. The van der Waals surface area contributed by atoms with Gasteiger partial charge in [0.2, 0.25) is 0 Å². The molecule has 6 heteroatoms. The van der Waals surface area contributed by atoms with E-state index in [1.807, 2.05) is 18.2 Å². The lowest BCUT2D eigenvalue weighted by molar-refractivity contribution is 0.0696. The number of carbonyl (C=O) groups is 2. The van der Waals surface area contributed by atoms with Crippen molar-refractivity contribution in [1.29, 1.82) is 0 Å². The number of amides is 1. The van der Waals surface area contributed by atoms with Gasteiger partial charge in [0, 0.05) is 5.39 Å². The van der Waals surface area contributed by atoms with E-state index < -0.39 is 11.9 Å². The molecule has 0 fully saturated rings. The van der Waals surface area contributed by atoms with Crippen LogP contribution >= 0.6 is 0 Å². The first-order chi connectivity index (χ1) is 11.1. The number of benzene rings is 2. The van der Waals surface area contributed by atoms with E-state index in [9.17, 15) is 9.59 Å². The molecule has 6 nitrogen and oxygen atoms in total. The number of anilines is 1. The zero-order valence-corrected chi connectivity index (χ0v) is 12.2. The van der Waals surface area contributed by atoms with Crippen LogP contribution in [0, 0.1) is 0 Å². The van der Waals surface area contributed by atoms with E-state index in [4.69, 9.17) is 14.3 Å². The number of carboxylic acid groups (broad SMARTS) is 1. The van der Waals surface area contributed by atoms with Crippen molar-refractivity contribution >= 4 is 28.5 Å². The molecule has 0 aliphatic rings. The van der Waals surface area contributed by atoms with Crippen LogP contribution in [0.2, 0.25) is 0 Å². The van der Waals surface area contributed by atoms with Crippen molar-refractivity contribution in [2.75, 3.05) is 12.4 Å². The van der Waals surface area contributed by atoms with E-state index >= 15 is 0 Å². The highest BCUT2D eigenvalue weighted by Gasteiger charge is 2.15. The van der Waals surface area contributed by atoms with Crippen LogP contribution in [0.25, 0.3) is 11.0 Å². The van der Waals surface area contributed by atoms with Gasteiger partial charge in [-0.05, 0) is 30.3 Å². The number of carbonyl (C=O) groups excluding carboxylic acids is 1. The number of fused-ring (bicyclic) bond motifs is 1. The number of rotatable bonds is 4. The van der Waals surface area contributed by atoms with E-state index in [1.165, 1.54) is 25.3 Å². The van der Waals surface area contributed by atoms with Crippen LogP contribution in [0.3, 0.4) is 0 Å². The molecule has 116 valence electrons. The Labute approximate surface area is 131 Å². The number of nitrogens with one attached hydrogen (secondary N) is 1. The SMILES string of the molecule is COc1cc(C(=O)O)ccc1NC(=O)c1cc2ccccc2o1. The molecule has 23 heavy (non-hydrogen) atoms. The Morgan fingerprint density at radius 2 is 1.91 bits per heavy atom. The number of aromatic carboxylic acids is 1. The molecular weight excluding hydrogens is 298 g/mol. The Bertz CT molecular complexity index is 864. The Balaban J connectivity index is 1.88. The van der Waals surface area contributed by atoms with Gasteiger partial charge >= 0.3 is 5.97 Å². The Hall–Kier alpha value is -3.28. The summed E-state index contributed by atoms with van der Waals surface area (Å²) in [6.45, 7) is 0. The Morgan fingerprint density at radius 3 is 2.61 bits per heavy atom. The summed E-state index contributed by atoms with van der Waals surface area (Å²) in [6, 6.07) is 13.1. The number of methoxy groups -OCH3 is 1. The highest BCUT2D eigenvalue weighted by atomic mass is 16.5. The maximum Gasteiger partial charge on any atom is 0.335 e. The predicted molar refractivity (Wildman–Crippen MR) is 84.1 cm³/mol. The largest absolute Gasteiger partial charge is 0.495 e. The molecule has 3 aromatic rings. The second-order valence-electron chi connectivity index (χ2n) is 4.82. The fraction of sp³-hybridized carbons (Fsp3) is 0.0588. The first-order valence-electron chi connectivity index (χ1n) is 6.80. The molecule has 0 atom stereocenters. The number of hydrogen-bond donors (Lipinski definition) is 2. The minimum Gasteiger partial charge on any atom is -0.495 e. The van der Waals surface area contributed by atoms with Crippen LogP contribution in [-0.2, 0) is 0 Å². The van der Waals surface area contributed by atoms with Gasteiger partial charge in [-0.15, -0.1) is 0 Å². The third-order valence-electron chi connectivity index (χ3n) is 3.35. The molecule has 1 aromatic heterocycles. The second-order valence-corrected chi connectivity index (χ2v) is 4.82. The van der Waals surface area contributed by atoms with Crippen molar-refractivity contribution in [1.82, 2.24) is 0 Å². The number of para-hydroxylation sites is 1. The fourth-order valence-electron chi connectivity index (χ4n) is 2.21. The molecule has 1 amide bonds. The smallest absolute Gasteiger partial charge is 0.335 e. The van der Waals surface area contributed by atoms with E-state index in [0.717, 1.165) is 5.39 Å². The maximum atomic E-state index is 12.3. The first-order valence-corrected chi connectivity index (χ1v) is 6.80. The zero-order valence-electron chi connectivity index (χ0n) is 12.2. The van der Waals surface area contributed by atoms with Gasteiger partial charge in [-0.1, -0.05) is 18.2 Å². The van der Waals surface area contributed by atoms with E-state index in [1.54, 1.807) is 12.1 Å². The highest BCUT2D eigenvalue weighted by Crippen LogP contribution is 2.27. The summed E-state index contributed by atoms with van der Waals surface area (Å²) in [5, 5.41) is 12.5. The molecule has 0 aliphatic carbocycles. The third kappa shape index (κ3) is 2.87. The van der Waals surface area contributed by atoms with Crippen LogP contribution in [0.5, 0.6) is 5.75 Å². The zero-order chi connectivity index (χ0) is 16.4. The summed E-state index contributed by atoms with van der Waals surface area (Å²) in [7, 11) is 1.40. The standard InChI is InChI=1S/C17H13NO5/c1-22-14-9-11(17(20)21)6-7-12(14)18-16(19)15-8-10-4-2-3-5-13(10)23-15/h2-9H,1H3,(H,18,19)(H,20,21). The van der Waals surface area contributed by atoms with Gasteiger partial charge in [0.1, 0.15) is 11.3 Å². The summed E-state index contributed by atoms with van der Waals surface area (Å²) in [5.74, 6) is -1.09. The van der Waals surface area contributed by atoms with Crippen molar-refractivity contribution in [2.45, 2.75) is 0 Å². The molecule has 0 saturated carbocycles. The summed E-state index contributed by atoms with van der Waals surface area (Å²) < 4.78 is 10.6. The summed E-state index contributed by atoms with van der Waals surface area (Å²) >= 11 is 0. The number of furan rings is 1. The van der Waals surface area contributed by atoms with Gasteiger partial charge in [-0.25, -0.2) is 4.79 Å². The van der Waals surface area contributed by atoms with Gasteiger partial charge in [0.15, 0.2) is 5.76 Å². The van der Waals surface area contributed by atoms with Gasteiger partial charge in [-0.3, -0.25) is 4.79 Å². The molecule has 0 aliphatic heterocycles. The third-order valence-corrected chi connectivity index (χ3v) is 3.35. The molecule has 1 heterocycles. The topological polar surface area (TPSA) is 88.8 Å². The minimum atomic E-state index is -1.07. The van der Waals surface area contributed by atoms with Gasteiger partial charge < -0.3 is 19.6 Å². The molecule has 0 bridgehead atoms. The van der Waals surface area contributed by atoms with Crippen molar-refractivity contribution in [2.24, 2.45) is 0 Å². The van der Waals surface area contributed by atoms with Crippen LogP contribution in [0.15, 0.2) is 52.9 Å². The van der Waals surface area contributed by atoms with E-state index in [0.29, 0.717) is 11.3 Å². The summed E-state index contributed by atoms with van der Waals surface area (Å²) in [4.78, 5) is 23.3. The van der Waals surface area contributed by atoms with Gasteiger partial charge in [0.25, 0.3) is 5.91 Å². The lowest BCUT2D eigenvalue weighted by atomic mass is 10.2. The quantitative estimate of drug-likeness (QED) is 0.771. The van der Waals surface area contributed by atoms with Crippen LogP contribution in [0.1, 0.15) is 20.9 Å². The van der Waals surface area contributed by atoms with Crippen molar-refractivity contribution < 1.29 is 23.8 Å². The van der Waals surface area contributed by atoms with Gasteiger partial charge in [0.05, 0.1) is 18.4 Å². The van der Waals surface area contributed by atoms with Crippen LogP contribution in [-0.4, -0.2) is 24.1 Å². The van der Waals surface area contributed by atoms with Crippen LogP contribution < -0.4 is 10.1 Å². The lowest BCUT2D eigenvalue weighted by Crippen LogP contribution is -2.12. The second kappa shape index (κ2) is 5.84. The average molecular weight is 311 g/mol. The first kappa shape index (κ1) is 14.6. The minimum absolute atomic E-state index is 0.0728. The average Bonchev–Trinajstić information content (AvgIpc) is 2.99. The van der Waals surface area contributed by atoms with E-state index in [-0.39, 0.29) is 17.1 Å². The molecule has 2 N–H and O–H groups in total. The molecule has 0 spiro atoms. The summed E-state index contributed by atoms with van der Waals surface area (Å²) in [6.07, 6.45) is 0. The maximum absolute atomic E-state index is 12.3. The molecule has 3 rings (SSSR count). The summed E-state index contributed by atoms with van der Waals surface area (Å²) in [5.41, 5.74) is 1.05. The lowest BCUT2D eigenvalue weighted by Gasteiger charge is -2.09. The Kier molecular flexibility index (Phi) is 3.72.